The van der Waals surface area contributed by atoms with Gasteiger partial charge in [0.1, 0.15) is 11.5 Å². The lowest BCUT2D eigenvalue weighted by Crippen LogP contribution is -2.01. The Morgan fingerprint density at radius 2 is 1.39 bits per heavy atom. The summed E-state index contributed by atoms with van der Waals surface area (Å²) in [6.07, 6.45) is 3.37. The van der Waals surface area contributed by atoms with E-state index in [0.717, 1.165) is 0 Å². The van der Waals surface area contributed by atoms with E-state index in [1.165, 1.54) is 38.5 Å². The second-order valence-corrected chi connectivity index (χ2v) is 7.05. The van der Waals surface area contributed by atoms with Gasteiger partial charge in [0, 0.05) is 17.5 Å². The van der Waals surface area contributed by atoms with Crippen molar-refractivity contribution in [1.29, 1.82) is 0 Å². The van der Waals surface area contributed by atoms with Crippen LogP contribution in [0.15, 0.2) is 42.5 Å². The van der Waals surface area contributed by atoms with Crippen molar-refractivity contribution < 1.29 is 35.0 Å². The molecule has 162 valence electrons. The normalized spacial score (nSPS) is 12.1. The Kier molecular flexibility index (Phi) is 6.15. The molecule has 0 bridgehead atoms. The van der Waals surface area contributed by atoms with Crippen LogP contribution in [-0.2, 0) is 0 Å². The van der Waals surface area contributed by atoms with Crippen molar-refractivity contribution in [2.45, 2.75) is 12.8 Å². The third kappa shape index (κ3) is 4.45. The lowest BCUT2D eigenvalue weighted by Gasteiger charge is -2.20. The summed E-state index contributed by atoms with van der Waals surface area (Å²) in [5, 5.41) is 50.0. The molecule has 0 aromatic heterocycles. The SMILES string of the molecule is COc1cc(C(C)c2c(O)cc(O)cc2C=Cc2ccc(O)c(O)c2)cc(OC)c1O. The van der Waals surface area contributed by atoms with Crippen molar-refractivity contribution in [2.75, 3.05) is 14.2 Å². The van der Waals surface area contributed by atoms with Gasteiger partial charge in [0.25, 0.3) is 0 Å². The zero-order chi connectivity index (χ0) is 22.7. The second-order valence-electron chi connectivity index (χ2n) is 7.05. The average molecular weight is 424 g/mol. The molecule has 31 heavy (non-hydrogen) atoms. The highest BCUT2D eigenvalue weighted by atomic mass is 16.5. The Morgan fingerprint density at radius 1 is 0.742 bits per heavy atom. The number of phenols is 5. The van der Waals surface area contributed by atoms with Crippen LogP contribution >= 0.6 is 0 Å². The minimum Gasteiger partial charge on any atom is -0.508 e. The number of ether oxygens (including phenoxy) is 2. The standard InChI is InChI=1S/C24H24O7/c1-13(16-10-21(30-2)24(29)22(11-16)31-3)23-15(9-17(25)12-20(23)28)6-4-14-5-7-18(26)19(27)8-14/h4-13,25-29H,1-3H3. The van der Waals surface area contributed by atoms with Gasteiger partial charge in [0.15, 0.2) is 23.0 Å². The Balaban J connectivity index is 2.09. The summed E-state index contributed by atoms with van der Waals surface area (Å²) in [5.74, 6) is -0.712. The smallest absolute Gasteiger partial charge is 0.200 e. The zero-order valence-electron chi connectivity index (χ0n) is 17.3. The first-order valence-electron chi connectivity index (χ1n) is 9.46. The number of aromatic hydroxyl groups is 5. The molecule has 7 heteroatoms. The Labute approximate surface area is 179 Å². The van der Waals surface area contributed by atoms with Crippen LogP contribution in [0.4, 0.5) is 0 Å². The number of hydrogen-bond acceptors (Lipinski definition) is 7. The lowest BCUT2D eigenvalue weighted by atomic mass is 9.88. The summed E-state index contributed by atoms with van der Waals surface area (Å²) in [6.45, 7) is 1.86. The van der Waals surface area contributed by atoms with Crippen LogP contribution in [0.3, 0.4) is 0 Å². The summed E-state index contributed by atoms with van der Waals surface area (Å²) in [7, 11) is 2.87. The number of benzene rings is 3. The van der Waals surface area contributed by atoms with Crippen LogP contribution in [0.25, 0.3) is 12.2 Å². The van der Waals surface area contributed by atoms with Gasteiger partial charge in [-0.3, -0.25) is 0 Å². The fourth-order valence-electron chi connectivity index (χ4n) is 3.41. The van der Waals surface area contributed by atoms with E-state index in [-0.39, 0.29) is 46.2 Å². The van der Waals surface area contributed by atoms with E-state index >= 15 is 0 Å². The Bertz CT molecular complexity index is 1110. The number of rotatable bonds is 6. The van der Waals surface area contributed by atoms with Crippen molar-refractivity contribution in [3.05, 3.63) is 64.7 Å². The Hall–Kier alpha value is -4.00. The largest absolute Gasteiger partial charge is 0.508 e. The van der Waals surface area contributed by atoms with E-state index in [1.807, 2.05) is 6.92 Å². The Morgan fingerprint density at radius 3 is 1.97 bits per heavy atom. The molecule has 0 radical (unpaired) electrons. The first kappa shape index (κ1) is 21.7. The highest BCUT2D eigenvalue weighted by Gasteiger charge is 2.21. The molecule has 0 saturated heterocycles. The fraction of sp³-hybridized carbons (Fsp3) is 0.167. The molecule has 3 rings (SSSR count). The maximum Gasteiger partial charge on any atom is 0.200 e. The molecule has 0 aliphatic heterocycles. The molecular formula is C24H24O7. The van der Waals surface area contributed by atoms with E-state index in [4.69, 9.17) is 9.47 Å². The first-order valence-corrected chi connectivity index (χ1v) is 9.46. The molecule has 0 aliphatic rings. The molecule has 1 atom stereocenters. The summed E-state index contributed by atoms with van der Waals surface area (Å²) < 4.78 is 10.5. The van der Waals surface area contributed by atoms with Crippen molar-refractivity contribution >= 4 is 12.2 Å². The molecule has 3 aromatic carbocycles. The van der Waals surface area contributed by atoms with Crippen molar-refractivity contribution in [1.82, 2.24) is 0 Å². The topological polar surface area (TPSA) is 120 Å². The summed E-state index contributed by atoms with van der Waals surface area (Å²) in [4.78, 5) is 0. The fourth-order valence-corrected chi connectivity index (χ4v) is 3.41. The van der Waals surface area contributed by atoms with Gasteiger partial charge >= 0.3 is 0 Å². The predicted octanol–water partition coefficient (Wildman–Crippen LogP) is 4.55. The minimum atomic E-state index is -0.364. The first-order chi connectivity index (χ1) is 14.7. The number of phenolic OH excluding ortho intramolecular Hbond substituents is 5. The average Bonchev–Trinajstić information content (AvgIpc) is 2.74. The van der Waals surface area contributed by atoms with Crippen molar-refractivity contribution in [3.63, 3.8) is 0 Å². The van der Waals surface area contributed by atoms with Crippen LogP contribution in [0.5, 0.6) is 40.2 Å². The van der Waals surface area contributed by atoms with Gasteiger partial charge < -0.3 is 35.0 Å². The molecule has 0 saturated carbocycles. The van der Waals surface area contributed by atoms with Crippen molar-refractivity contribution in [2.24, 2.45) is 0 Å². The van der Waals surface area contributed by atoms with E-state index in [0.29, 0.717) is 22.3 Å². The van der Waals surface area contributed by atoms with Gasteiger partial charge in [-0.05, 0) is 47.0 Å². The lowest BCUT2D eigenvalue weighted by molar-refractivity contribution is 0.339. The molecule has 5 N–H and O–H groups in total. The molecule has 0 fully saturated rings. The van der Waals surface area contributed by atoms with Crippen LogP contribution < -0.4 is 9.47 Å². The van der Waals surface area contributed by atoms with E-state index in [1.54, 1.807) is 30.4 Å². The van der Waals surface area contributed by atoms with Crippen LogP contribution in [0, 0.1) is 0 Å². The quantitative estimate of drug-likeness (QED) is 0.291. The molecule has 0 spiro atoms. The maximum absolute atomic E-state index is 10.6. The monoisotopic (exact) mass is 424 g/mol. The zero-order valence-corrected chi connectivity index (χ0v) is 17.3. The molecule has 0 aliphatic carbocycles. The number of hydrogen-bond donors (Lipinski definition) is 5. The van der Waals surface area contributed by atoms with Crippen LogP contribution in [0.1, 0.15) is 35.1 Å². The third-order valence-corrected chi connectivity index (χ3v) is 5.06. The van der Waals surface area contributed by atoms with E-state index in [2.05, 4.69) is 0 Å². The van der Waals surface area contributed by atoms with E-state index in [9.17, 15) is 25.5 Å². The number of methoxy groups -OCH3 is 2. The molecule has 0 heterocycles. The highest BCUT2D eigenvalue weighted by Crippen LogP contribution is 2.43. The minimum absolute atomic E-state index is 0.105. The van der Waals surface area contributed by atoms with Gasteiger partial charge in [-0.15, -0.1) is 0 Å². The molecular weight excluding hydrogens is 400 g/mol. The summed E-state index contributed by atoms with van der Waals surface area (Å²) in [5.41, 5.74) is 2.41. The van der Waals surface area contributed by atoms with Crippen LogP contribution in [0.2, 0.25) is 0 Å². The molecule has 7 nitrogen and oxygen atoms in total. The molecule has 3 aromatic rings. The second kappa shape index (κ2) is 8.79. The highest BCUT2D eigenvalue weighted by molar-refractivity contribution is 5.75. The summed E-state index contributed by atoms with van der Waals surface area (Å²) in [6, 6.07) is 10.5. The van der Waals surface area contributed by atoms with E-state index < -0.39 is 0 Å². The van der Waals surface area contributed by atoms with Gasteiger partial charge in [-0.2, -0.15) is 0 Å². The molecule has 1 unspecified atom stereocenters. The summed E-state index contributed by atoms with van der Waals surface area (Å²) >= 11 is 0. The van der Waals surface area contributed by atoms with Gasteiger partial charge in [-0.25, -0.2) is 0 Å². The third-order valence-electron chi connectivity index (χ3n) is 5.06. The van der Waals surface area contributed by atoms with Gasteiger partial charge in [0.05, 0.1) is 14.2 Å². The maximum atomic E-state index is 10.6. The van der Waals surface area contributed by atoms with Gasteiger partial charge in [-0.1, -0.05) is 25.1 Å². The van der Waals surface area contributed by atoms with Crippen LogP contribution in [-0.4, -0.2) is 39.8 Å². The van der Waals surface area contributed by atoms with Crippen molar-refractivity contribution in [3.8, 4) is 40.2 Å². The predicted molar refractivity (Wildman–Crippen MR) is 117 cm³/mol. The molecule has 0 amide bonds. The van der Waals surface area contributed by atoms with Gasteiger partial charge in [0.2, 0.25) is 5.75 Å².